The number of nitrogens with zero attached hydrogens (tertiary/aromatic N) is 3. The van der Waals surface area contributed by atoms with E-state index in [9.17, 15) is 14.4 Å². The molecule has 6 heteroatoms. The van der Waals surface area contributed by atoms with Crippen LogP contribution in [0.25, 0.3) is 0 Å². The fourth-order valence-corrected chi connectivity index (χ4v) is 5.11. The Labute approximate surface area is 171 Å². The molecule has 1 aromatic rings. The third-order valence-corrected chi connectivity index (χ3v) is 6.91. The number of rotatable bonds is 3. The molecule has 5 rings (SSSR count). The highest BCUT2D eigenvalue weighted by Crippen LogP contribution is 2.38. The number of amides is 3. The predicted octanol–water partition coefficient (Wildman–Crippen LogP) is 2.60. The summed E-state index contributed by atoms with van der Waals surface area (Å²) in [5.41, 5.74) is 2.98. The number of hydrogen-bond acceptors (Lipinski definition) is 3. The van der Waals surface area contributed by atoms with Crippen LogP contribution < -0.4 is 9.80 Å². The SMILES string of the molecule is C[C@H]1CCCN(C(=O)[C@H]2CC(=O)N(c3ccc4c(c3)CCN4C(=O)C3CC3)C2)C1. The maximum absolute atomic E-state index is 12.9. The maximum atomic E-state index is 12.9. The van der Waals surface area contributed by atoms with E-state index in [0.717, 1.165) is 62.3 Å². The van der Waals surface area contributed by atoms with Crippen molar-refractivity contribution >= 4 is 29.1 Å². The normalized spacial score (nSPS) is 26.8. The summed E-state index contributed by atoms with van der Waals surface area (Å²) in [7, 11) is 0. The molecule has 3 amide bonds. The number of anilines is 2. The lowest BCUT2D eigenvalue weighted by atomic mass is 9.98. The molecule has 0 N–H and O–H groups in total. The van der Waals surface area contributed by atoms with Crippen LogP contribution in [0.4, 0.5) is 11.4 Å². The van der Waals surface area contributed by atoms with Crippen molar-refractivity contribution in [1.82, 2.24) is 4.90 Å². The van der Waals surface area contributed by atoms with E-state index in [2.05, 4.69) is 6.92 Å². The largest absolute Gasteiger partial charge is 0.342 e. The summed E-state index contributed by atoms with van der Waals surface area (Å²) >= 11 is 0. The highest BCUT2D eigenvalue weighted by Gasteiger charge is 2.39. The lowest BCUT2D eigenvalue weighted by Crippen LogP contribution is -2.43. The number of fused-ring (bicyclic) bond motifs is 1. The van der Waals surface area contributed by atoms with Crippen molar-refractivity contribution in [2.75, 3.05) is 36.0 Å². The van der Waals surface area contributed by atoms with Gasteiger partial charge in [-0.1, -0.05) is 6.92 Å². The van der Waals surface area contributed by atoms with Crippen LogP contribution in [0.3, 0.4) is 0 Å². The molecular formula is C23H29N3O3. The van der Waals surface area contributed by atoms with E-state index in [4.69, 9.17) is 0 Å². The zero-order valence-electron chi connectivity index (χ0n) is 17.1. The molecule has 1 aromatic carbocycles. The van der Waals surface area contributed by atoms with E-state index >= 15 is 0 Å². The molecule has 3 fully saturated rings. The Morgan fingerprint density at radius 2 is 1.83 bits per heavy atom. The van der Waals surface area contributed by atoms with Gasteiger partial charge in [0.25, 0.3) is 0 Å². The molecule has 154 valence electrons. The van der Waals surface area contributed by atoms with Crippen LogP contribution in [0.5, 0.6) is 0 Å². The summed E-state index contributed by atoms with van der Waals surface area (Å²) in [6.45, 7) is 5.01. The van der Waals surface area contributed by atoms with Gasteiger partial charge in [0.1, 0.15) is 0 Å². The Bertz CT molecular complexity index is 863. The summed E-state index contributed by atoms with van der Waals surface area (Å²) in [6, 6.07) is 5.96. The third kappa shape index (κ3) is 3.43. The van der Waals surface area contributed by atoms with Crippen molar-refractivity contribution in [2.45, 2.75) is 45.4 Å². The van der Waals surface area contributed by atoms with Crippen molar-refractivity contribution in [3.63, 3.8) is 0 Å². The molecule has 3 heterocycles. The van der Waals surface area contributed by atoms with Gasteiger partial charge in [0.2, 0.25) is 17.7 Å². The van der Waals surface area contributed by atoms with Gasteiger partial charge >= 0.3 is 0 Å². The van der Waals surface area contributed by atoms with Crippen molar-refractivity contribution < 1.29 is 14.4 Å². The fourth-order valence-electron chi connectivity index (χ4n) is 5.11. The number of hydrogen-bond donors (Lipinski definition) is 0. The molecule has 1 aliphatic carbocycles. The second-order valence-electron chi connectivity index (χ2n) is 9.26. The number of carbonyl (C=O) groups excluding carboxylic acids is 3. The van der Waals surface area contributed by atoms with Crippen molar-refractivity contribution in [2.24, 2.45) is 17.8 Å². The summed E-state index contributed by atoms with van der Waals surface area (Å²) in [6.07, 6.45) is 5.38. The Balaban J connectivity index is 1.29. The topological polar surface area (TPSA) is 60.9 Å². The zero-order valence-corrected chi connectivity index (χ0v) is 17.1. The highest BCUT2D eigenvalue weighted by atomic mass is 16.2. The van der Waals surface area contributed by atoms with Crippen molar-refractivity contribution in [1.29, 1.82) is 0 Å². The van der Waals surface area contributed by atoms with E-state index in [1.165, 1.54) is 6.42 Å². The van der Waals surface area contributed by atoms with Gasteiger partial charge in [-0.2, -0.15) is 0 Å². The monoisotopic (exact) mass is 395 g/mol. The van der Waals surface area contributed by atoms with Crippen LogP contribution in [0.15, 0.2) is 18.2 Å². The molecule has 0 aromatic heterocycles. The number of piperidine rings is 1. The van der Waals surface area contributed by atoms with Gasteiger partial charge in [-0.05, 0) is 61.8 Å². The molecule has 4 aliphatic rings. The summed E-state index contributed by atoms with van der Waals surface area (Å²) in [4.78, 5) is 43.8. The molecule has 0 unspecified atom stereocenters. The summed E-state index contributed by atoms with van der Waals surface area (Å²) < 4.78 is 0. The van der Waals surface area contributed by atoms with E-state index in [-0.39, 0.29) is 29.6 Å². The molecule has 0 bridgehead atoms. The van der Waals surface area contributed by atoms with Gasteiger partial charge in [-0.25, -0.2) is 0 Å². The smallest absolute Gasteiger partial charge is 0.230 e. The minimum absolute atomic E-state index is 0.0252. The van der Waals surface area contributed by atoms with Crippen molar-refractivity contribution in [3.8, 4) is 0 Å². The first-order valence-electron chi connectivity index (χ1n) is 11.0. The highest BCUT2D eigenvalue weighted by molar-refractivity contribution is 6.02. The van der Waals surface area contributed by atoms with Gasteiger partial charge in [0.15, 0.2) is 0 Å². The van der Waals surface area contributed by atoms with E-state index < -0.39 is 0 Å². The van der Waals surface area contributed by atoms with Crippen LogP contribution in [-0.4, -0.2) is 48.8 Å². The Kier molecular flexibility index (Phi) is 4.60. The molecule has 3 aliphatic heterocycles. The fraction of sp³-hybridized carbons (Fsp3) is 0.609. The average molecular weight is 396 g/mol. The molecule has 29 heavy (non-hydrogen) atoms. The van der Waals surface area contributed by atoms with Crippen molar-refractivity contribution in [3.05, 3.63) is 23.8 Å². The Hall–Kier alpha value is -2.37. The molecule has 2 saturated heterocycles. The van der Waals surface area contributed by atoms with Gasteiger partial charge in [-0.15, -0.1) is 0 Å². The molecule has 1 saturated carbocycles. The van der Waals surface area contributed by atoms with Crippen LogP contribution in [0, 0.1) is 17.8 Å². The van der Waals surface area contributed by atoms with E-state index in [1.54, 1.807) is 4.90 Å². The summed E-state index contributed by atoms with van der Waals surface area (Å²) in [5, 5.41) is 0. The average Bonchev–Trinajstić information content (AvgIpc) is 3.37. The molecule has 6 nitrogen and oxygen atoms in total. The van der Waals surface area contributed by atoms with Gasteiger partial charge in [0, 0.05) is 49.9 Å². The third-order valence-electron chi connectivity index (χ3n) is 6.91. The second-order valence-corrected chi connectivity index (χ2v) is 9.26. The molecule has 0 spiro atoms. The second kappa shape index (κ2) is 7.15. The lowest BCUT2D eigenvalue weighted by Gasteiger charge is -2.32. The Morgan fingerprint density at radius 3 is 2.59 bits per heavy atom. The zero-order chi connectivity index (χ0) is 20.1. The van der Waals surface area contributed by atoms with Crippen LogP contribution in [0.1, 0.15) is 44.6 Å². The number of carbonyl (C=O) groups is 3. The van der Waals surface area contributed by atoms with E-state index in [0.29, 0.717) is 18.9 Å². The standard InChI is InChI=1S/C23H29N3O3/c1-15-3-2-9-24(13-15)22(28)18-12-21(27)26(14-18)19-6-7-20-17(11-19)8-10-25(20)23(29)16-4-5-16/h6-7,11,15-16,18H,2-5,8-10,12-14H2,1H3/t15-,18-/m0/s1. The first-order chi connectivity index (χ1) is 14.0. The lowest BCUT2D eigenvalue weighted by molar-refractivity contribution is -0.137. The van der Waals surface area contributed by atoms with Gasteiger partial charge < -0.3 is 14.7 Å². The minimum Gasteiger partial charge on any atom is -0.342 e. The quantitative estimate of drug-likeness (QED) is 0.790. The molecular weight excluding hydrogens is 366 g/mol. The Morgan fingerprint density at radius 1 is 1.00 bits per heavy atom. The van der Waals surface area contributed by atoms with Crippen LogP contribution in [-0.2, 0) is 20.8 Å². The predicted molar refractivity (Wildman–Crippen MR) is 111 cm³/mol. The first kappa shape index (κ1) is 18.6. The van der Waals surface area contributed by atoms with Crippen LogP contribution in [0.2, 0.25) is 0 Å². The summed E-state index contributed by atoms with van der Waals surface area (Å²) in [5.74, 6) is 0.917. The van der Waals surface area contributed by atoms with Crippen LogP contribution >= 0.6 is 0 Å². The molecule has 0 radical (unpaired) electrons. The maximum Gasteiger partial charge on any atom is 0.230 e. The first-order valence-corrected chi connectivity index (χ1v) is 11.0. The minimum atomic E-state index is -0.242. The van der Waals surface area contributed by atoms with E-state index in [1.807, 2.05) is 28.0 Å². The molecule has 2 atom stereocenters. The number of benzene rings is 1. The van der Waals surface area contributed by atoms with Gasteiger partial charge in [-0.3, -0.25) is 14.4 Å². The number of likely N-dealkylation sites (tertiary alicyclic amines) is 1. The van der Waals surface area contributed by atoms with Gasteiger partial charge in [0.05, 0.1) is 5.92 Å².